The van der Waals surface area contributed by atoms with Crippen LogP contribution < -0.4 is 5.32 Å². The maximum Gasteiger partial charge on any atom is 0.0721 e. The van der Waals surface area contributed by atoms with E-state index >= 15 is 0 Å². The predicted molar refractivity (Wildman–Crippen MR) is 35.2 cm³/mol. The Morgan fingerprint density at radius 1 is 1.33 bits per heavy atom. The molecule has 1 aliphatic heterocycles. The molecule has 52 valence electrons. The van der Waals surface area contributed by atoms with Gasteiger partial charge in [0.2, 0.25) is 0 Å². The van der Waals surface area contributed by atoms with Crippen molar-refractivity contribution in [2.24, 2.45) is 5.41 Å². The topological polar surface area (TPSA) is 32.3 Å². The van der Waals surface area contributed by atoms with Crippen molar-refractivity contribution in [3.63, 3.8) is 0 Å². The Hall–Kier alpha value is -0.0800. The van der Waals surface area contributed by atoms with Gasteiger partial charge in [-0.2, -0.15) is 0 Å². The van der Waals surface area contributed by atoms with Crippen molar-refractivity contribution in [2.75, 3.05) is 13.1 Å². The van der Waals surface area contributed by atoms with E-state index in [1.807, 2.05) is 0 Å². The minimum absolute atomic E-state index is 0.0498. The van der Waals surface area contributed by atoms with Crippen molar-refractivity contribution in [1.82, 2.24) is 5.32 Å². The van der Waals surface area contributed by atoms with E-state index in [0.717, 1.165) is 13.1 Å². The van der Waals surface area contributed by atoms with Crippen LogP contribution in [0.25, 0.3) is 0 Å². The highest BCUT2D eigenvalue weighted by Crippen LogP contribution is 2.52. The highest BCUT2D eigenvalue weighted by Gasteiger charge is 2.49. The third-order valence-electron chi connectivity index (χ3n) is 2.74. The minimum atomic E-state index is -0.0498. The Balaban J connectivity index is 2.03. The van der Waals surface area contributed by atoms with Gasteiger partial charge in [0.25, 0.3) is 0 Å². The van der Waals surface area contributed by atoms with E-state index in [1.54, 1.807) is 0 Å². The van der Waals surface area contributed by atoms with Gasteiger partial charge in [0, 0.05) is 6.54 Å². The molecule has 0 bridgehead atoms. The maximum atomic E-state index is 9.44. The van der Waals surface area contributed by atoms with Gasteiger partial charge in [-0.15, -0.1) is 0 Å². The van der Waals surface area contributed by atoms with Crippen molar-refractivity contribution in [2.45, 2.75) is 25.4 Å². The summed E-state index contributed by atoms with van der Waals surface area (Å²) in [5.74, 6) is 0. The number of nitrogens with one attached hydrogen (secondary N) is 1. The number of aliphatic hydroxyl groups excluding tert-OH is 1. The van der Waals surface area contributed by atoms with Crippen LogP contribution in [0.15, 0.2) is 0 Å². The third-order valence-corrected chi connectivity index (χ3v) is 2.74. The monoisotopic (exact) mass is 127 g/mol. The second-order valence-electron chi connectivity index (χ2n) is 3.33. The lowest BCUT2D eigenvalue weighted by atomic mass is 9.92. The summed E-state index contributed by atoms with van der Waals surface area (Å²) in [6.07, 6.45) is 3.66. The summed E-state index contributed by atoms with van der Waals surface area (Å²) in [6.45, 7) is 1.93. The standard InChI is InChI=1S/C7H13NO/c9-6-5-8-4-3-7(6)1-2-7/h6,8-9H,1-5H2. The van der Waals surface area contributed by atoms with E-state index < -0.39 is 0 Å². The molecule has 1 heterocycles. The highest BCUT2D eigenvalue weighted by molar-refractivity contribution is 5.01. The van der Waals surface area contributed by atoms with Crippen molar-refractivity contribution in [3.05, 3.63) is 0 Å². The van der Waals surface area contributed by atoms with Crippen LogP contribution in [-0.2, 0) is 0 Å². The van der Waals surface area contributed by atoms with Crippen LogP contribution in [0.4, 0.5) is 0 Å². The first-order valence-electron chi connectivity index (χ1n) is 3.72. The first-order valence-corrected chi connectivity index (χ1v) is 3.72. The number of hydrogen-bond acceptors (Lipinski definition) is 2. The summed E-state index contributed by atoms with van der Waals surface area (Å²) < 4.78 is 0. The number of rotatable bonds is 0. The Kier molecular flexibility index (Phi) is 1.08. The van der Waals surface area contributed by atoms with E-state index in [4.69, 9.17) is 0 Å². The molecule has 1 saturated carbocycles. The lowest BCUT2D eigenvalue weighted by Gasteiger charge is -2.27. The average Bonchev–Trinajstić information content (AvgIpc) is 2.60. The fourth-order valence-electron chi connectivity index (χ4n) is 1.70. The summed E-state index contributed by atoms with van der Waals surface area (Å²) in [6, 6.07) is 0. The second-order valence-corrected chi connectivity index (χ2v) is 3.33. The molecular weight excluding hydrogens is 114 g/mol. The van der Waals surface area contributed by atoms with Crippen LogP contribution in [0.1, 0.15) is 19.3 Å². The summed E-state index contributed by atoms with van der Waals surface area (Å²) in [5.41, 5.74) is 0.380. The molecule has 1 saturated heterocycles. The van der Waals surface area contributed by atoms with Crippen LogP contribution >= 0.6 is 0 Å². The molecule has 0 aromatic carbocycles. The zero-order valence-electron chi connectivity index (χ0n) is 5.56. The van der Waals surface area contributed by atoms with Gasteiger partial charge in [0.15, 0.2) is 0 Å². The molecule has 1 atom stereocenters. The van der Waals surface area contributed by atoms with Gasteiger partial charge in [-0.3, -0.25) is 0 Å². The Labute approximate surface area is 55.3 Å². The van der Waals surface area contributed by atoms with Crippen molar-refractivity contribution < 1.29 is 5.11 Å². The predicted octanol–water partition coefficient (Wildman–Crippen LogP) is 0.121. The Bertz CT molecular complexity index is 120. The van der Waals surface area contributed by atoms with Crippen LogP contribution in [0.2, 0.25) is 0 Å². The summed E-state index contributed by atoms with van der Waals surface area (Å²) in [5, 5.41) is 12.6. The largest absolute Gasteiger partial charge is 0.391 e. The zero-order valence-corrected chi connectivity index (χ0v) is 5.56. The Morgan fingerprint density at radius 3 is 2.56 bits per heavy atom. The van der Waals surface area contributed by atoms with E-state index in [0.29, 0.717) is 5.41 Å². The van der Waals surface area contributed by atoms with Crippen LogP contribution in [0.5, 0.6) is 0 Å². The van der Waals surface area contributed by atoms with Crippen molar-refractivity contribution in [3.8, 4) is 0 Å². The van der Waals surface area contributed by atoms with E-state index in [1.165, 1.54) is 19.3 Å². The van der Waals surface area contributed by atoms with Crippen LogP contribution in [0, 0.1) is 5.41 Å². The molecule has 2 N–H and O–H groups in total. The number of hydrogen-bond donors (Lipinski definition) is 2. The molecule has 0 radical (unpaired) electrons. The van der Waals surface area contributed by atoms with Crippen LogP contribution in [0.3, 0.4) is 0 Å². The van der Waals surface area contributed by atoms with Gasteiger partial charge in [-0.25, -0.2) is 0 Å². The third kappa shape index (κ3) is 0.775. The molecule has 2 aliphatic rings. The number of β-amino-alcohol motifs (C(OH)–C–C–N with tert-alkyl or cyclic N) is 1. The smallest absolute Gasteiger partial charge is 0.0721 e. The lowest BCUT2D eigenvalue weighted by Crippen LogP contribution is -2.41. The first-order chi connectivity index (χ1) is 4.33. The Morgan fingerprint density at radius 2 is 2.11 bits per heavy atom. The molecule has 9 heavy (non-hydrogen) atoms. The zero-order chi connectivity index (χ0) is 6.32. The minimum Gasteiger partial charge on any atom is -0.391 e. The fourth-order valence-corrected chi connectivity index (χ4v) is 1.70. The summed E-state index contributed by atoms with van der Waals surface area (Å²) >= 11 is 0. The molecule has 2 heteroatoms. The SMILES string of the molecule is OC1CNCCC12CC2. The van der Waals surface area contributed by atoms with Gasteiger partial charge < -0.3 is 10.4 Å². The fraction of sp³-hybridized carbons (Fsp3) is 1.00. The number of aliphatic hydroxyl groups is 1. The summed E-state index contributed by atoms with van der Waals surface area (Å²) in [7, 11) is 0. The highest BCUT2D eigenvalue weighted by atomic mass is 16.3. The van der Waals surface area contributed by atoms with E-state index in [-0.39, 0.29) is 6.10 Å². The maximum absolute atomic E-state index is 9.44. The summed E-state index contributed by atoms with van der Waals surface area (Å²) in [4.78, 5) is 0. The molecule has 2 nitrogen and oxygen atoms in total. The quantitative estimate of drug-likeness (QED) is 0.484. The second kappa shape index (κ2) is 1.70. The molecule has 1 unspecified atom stereocenters. The normalized spacial score (nSPS) is 39.0. The van der Waals surface area contributed by atoms with Gasteiger partial charge in [0.1, 0.15) is 0 Å². The molecule has 2 fully saturated rings. The van der Waals surface area contributed by atoms with Gasteiger partial charge in [-0.1, -0.05) is 0 Å². The molecular formula is C7H13NO. The molecule has 2 rings (SSSR count). The van der Waals surface area contributed by atoms with Crippen molar-refractivity contribution >= 4 is 0 Å². The molecule has 1 aliphatic carbocycles. The molecule has 0 amide bonds. The molecule has 0 aromatic heterocycles. The first kappa shape index (κ1) is 5.69. The van der Waals surface area contributed by atoms with Gasteiger partial charge in [-0.05, 0) is 31.2 Å². The van der Waals surface area contributed by atoms with E-state index in [9.17, 15) is 5.11 Å². The van der Waals surface area contributed by atoms with E-state index in [2.05, 4.69) is 5.32 Å². The van der Waals surface area contributed by atoms with Gasteiger partial charge in [0.05, 0.1) is 6.10 Å². The van der Waals surface area contributed by atoms with Crippen LogP contribution in [-0.4, -0.2) is 24.3 Å². The molecule has 0 aromatic rings. The number of piperidine rings is 1. The average molecular weight is 127 g/mol. The van der Waals surface area contributed by atoms with Crippen molar-refractivity contribution in [1.29, 1.82) is 0 Å². The lowest BCUT2D eigenvalue weighted by molar-refractivity contribution is 0.0667. The molecule has 1 spiro atoms. The van der Waals surface area contributed by atoms with Gasteiger partial charge >= 0.3 is 0 Å².